The second-order valence-electron chi connectivity index (χ2n) is 6.43. The molecule has 1 aromatic rings. The van der Waals surface area contributed by atoms with Crippen molar-refractivity contribution in [1.29, 1.82) is 0 Å². The molecular weight excluding hydrogens is 294 g/mol. The molecule has 2 aliphatic rings. The van der Waals surface area contributed by atoms with Gasteiger partial charge in [-0.15, -0.1) is 0 Å². The molecule has 4 nitrogen and oxygen atoms in total. The van der Waals surface area contributed by atoms with Crippen molar-refractivity contribution in [3.8, 4) is 0 Å². The largest absolute Gasteiger partial charge is 0.357 e. The number of thioether (sulfide) groups is 1. The van der Waals surface area contributed by atoms with E-state index >= 15 is 0 Å². The van der Waals surface area contributed by atoms with Crippen LogP contribution in [-0.4, -0.2) is 41.5 Å². The zero-order valence-corrected chi connectivity index (χ0v) is 14.1. The summed E-state index contributed by atoms with van der Waals surface area (Å²) < 4.78 is 0. The maximum absolute atomic E-state index is 12.3. The molecule has 0 radical (unpaired) electrons. The van der Waals surface area contributed by atoms with Gasteiger partial charge >= 0.3 is 0 Å². The van der Waals surface area contributed by atoms with Gasteiger partial charge in [0.15, 0.2) is 0 Å². The number of anilines is 1. The Balaban J connectivity index is 1.57. The highest BCUT2D eigenvalue weighted by Crippen LogP contribution is 2.21. The van der Waals surface area contributed by atoms with Crippen LogP contribution in [0.15, 0.2) is 18.3 Å². The van der Waals surface area contributed by atoms with E-state index in [-0.39, 0.29) is 5.91 Å². The second kappa shape index (κ2) is 7.36. The zero-order valence-electron chi connectivity index (χ0n) is 13.3. The minimum absolute atomic E-state index is 0.0169. The third kappa shape index (κ3) is 3.94. The van der Waals surface area contributed by atoms with Crippen LogP contribution < -0.4 is 10.2 Å². The van der Waals surface area contributed by atoms with E-state index in [2.05, 4.69) is 22.1 Å². The summed E-state index contributed by atoms with van der Waals surface area (Å²) in [6.45, 7) is 4.45. The Kier molecular flexibility index (Phi) is 5.24. The fourth-order valence-electron chi connectivity index (χ4n) is 3.06. The number of rotatable bonds is 3. The molecule has 3 rings (SSSR count). The molecule has 0 unspecified atom stereocenters. The number of hydrogen-bond donors (Lipinski definition) is 1. The van der Waals surface area contributed by atoms with Crippen LogP contribution in [-0.2, 0) is 0 Å². The first-order valence-corrected chi connectivity index (χ1v) is 9.47. The number of carbonyl (C=O) groups excluding carboxylic acids is 1. The molecule has 22 heavy (non-hydrogen) atoms. The number of piperidine rings is 1. The van der Waals surface area contributed by atoms with E-state index in [0.717, 1.165) is 49.2 Å². The van der Waals surface area contributed by atoms with Crippen LogP contribution in [0, 0.1) is 5.92 Å². The second-order valence-corrected chi connectivity index (χ2v) is 7.66. The molecule has 1 amide bonds. The minimum atomic E-state index is 0.0169. The van der Waals surface area contributed by atoms with Crippen LogP contribution in [0.3, 0.4) is 0 Å². The highest BCUT2D eigenvalue weighted by Gasteiger charge is 2.19. The fraction of sp³-hybridized carbons (Fsp3) is 0.647. The molecule has 0 saturated carbocycles. The molecule has 2 fully saturated rings. The van der Waals surface area contributed by atoms with E-state index in [4.69, 9.17) is 0 Å². The predicted molar refractivity (Wildman–Crippen MR) is 92.7 cm³/mol. The summed E-state index contributed by atoms with van der Waals surface area (Å²) in [5, 5.41) is 3.13. The number of pyridine rings is 1. The Bertz CT molecular complexity index is 491. The summed E-state index contributed by atoms with van der Waals surface area (Å²) in [5.41, 5.74) is 0.673. The van der Waals surface area contributed by atoms with Crippen molar-refractivity contribution >= 4 is 23.5 Å². The van der Waals surface area contributed by atoms with Crippen molar-refractivity contribution in [1.82, 2.24) is 10.3 Å². The lowest BCUT2D eigenvalue weighted by atomic mass is 9.99. The van der Waals surface area contributed by atoms with Gasteiger partial charge in [0.05, 0.1) is 5.56 Å². The van der Waals surface area contributed by atoms with Crippen molar-refractivity contribution in [3.63, 3.8) is 0 Å². The van der Waals surface area contributed by atoms with Gasteiger partial charge in [0.1, 0.15) is 5.82 Å². The predicted octanol–water partition coefficient (Wildman–Crippen LogP) is 2.94. The number of nitrogens with zero attached hydrogens (tertiary/aromatic N) is 2. The maximum Gasteiger partial charge on any atom is 0.253 e. The number of amides is 1. The zero-order chi connectivity index (χ0) is 15.4. The highest BCUT2D eigenvalue weighted by molar-refractivity contribution is 7.99. The van der Waals surface area contributed by atoms with Crippen LogP contribution in [0.25, 0.3) is 0 Å². The van der Waals surface area contributed by atoms with Crippen LogP contribution >= 0.6 is 11.8 Å². The number of hydrogen-bond acceptors (Lipinski definition) is 4. The smallest absolute Gasteiger partial charge is 0.253 e. The van der Waals surface area contributed by atoms with Crippen LogP contribution in [0.1, 0.15) is 43.0 Å². The summed E-state index contributed by atoms with van der Waals surface area (Å²) in [6, 6.07) is 4.23. The summed E-state index contributed by atoms with van der Waals surface area (Å²) in [5.74, 6) is 4.13. The summed E-state index contributed by atoms with van der Waals surface area (Å²) >= 11 is 1.97. The lowest BCUT2D eigenvalue weighted by Crippen LogP contribution is -2.37. The number of nitrogens with one attached hydrogen (secondary N) is 1. The van der Waals surface area contributed by atoms with Gasteiger partial charge in [0.25, 0.3) is 5.91 Å². The van der Waals surface area contributed by atoms with Crippen LogP contribution in [0.2, 0.25) is 0 Å². The molecule has 0 aromatic carbocycles. The normalized spacial score (nSPS) is 20.9. The fourth-order valence-corrected chi connectivity index (χ4v) is 4.16. The van der Waals surface area contributed by atoms with Gasteiger partial charge in [-0.2, -0.15) is 11.8 Å². The summed E-state index contributed by atoms with van der Waals surface area (Å²) in [6.07, 6.45) is 6.33. The molecule has 3 heterocycles. The highest BCUT2D eigenvalue weighted by atomic mass is 32.2. The molecule has 0 aliphatic carbocycles. The van der Waals surface area contributed by atoms with Crippen molar-refractivity contribution in [2.45, 2.75) is 38.6 Å². The maximum atomic E-state index is 12.3. The standard InChI is InChI=1S/C17H25N3OS/c1-13-4-8-20(9-5-13)16-3-2-14(12-18-16)17(21)19-15-6-10-22-11-7-15/h2-3,12-13,15H,4-11H2,1H3,(H,19,21). The number of aromatic nitrogens is 1. The Labute approximate surface area is 137 Å². The third-order valence-corrected chi connectivity index (χ3v) is 5.72. The molecule has 1 aromatic heterocycles. The third-order valence-electron chi connectivity index (χ3n) is 4.67. The van der Waals surface area contributed by atoms with E-state index in [1.54, 1.807) is 6.20 Å². The Morgan fingerprint density at radius 3 is 2.59 bits per heavy atom. The van der Waals surface area contributed by atoms with Gasteiger partial charge in [0, 0.05) is 25.3 Å². The molecule has 0 spiro atoms. The van der Waals surface area contributed by atoms with Crippen molar-refractivity contribution < 1.29 is 4.79 Å². The molecule has 5 heteroatoms. The Morgan fingerprint density at radius 1 is 1.23 bits per heavy atom. The Morgan fingerprint density at radius 2 is 1.95 bits per heavy atom. The van der Waals surface area contributed by atoms with Gasteiger partial charge in [-0.05, 0) is 55.2 Å². The van der Waals surface area contributed by atoms with Crippen LogP contribution in [0.5, 0.6) is 0 Å². The molecule has 2 aliphatic heterocycles. The van der Waals surface area contributed by atoms with Gasteiger partial charge < -0.3 is 10.2 Å². The van der Waals surface area contributed by atoms with Gasteiger partial charge in [-0.25, -0.2) is 4.98 Å². The average Bonchev–Trinajstić information content (AvgIpc) is 2.57. The first-order valence-electron chi connectivity index (χ1n) is 8.32. The van der Waals surface area contributed by atoms with E-state index in [1.807, 2.05) is 23.9 Å². The van der Waals surface area contributed by atoms with E-state index in [9.17, 15) is 4.79 Å². The first kappa shape index (κ1) is 15.7. The SMILES string of the molecule is CC1CCN(c2ccc(C(=O)NC3CCSCC3)cn2)CC1. The lowest BCUT2D eigenvalue weighted by Gasteiger charge is -2.31. The van der Waals surface area contributed by atoms with Gasteiger partial charge in [0.2, 0.25) is 0 Å². The molecule has 1 N–H and O–H groups in total. The minimum Gasteiger partial charge on any atom is -0.357 e. The summed E-state index contributed by atoms with van der Waals surface area (Å²) in [7, 11) is 0. The first-order chi connectivity index (χ1) is 10.7. The molecular formula is C17H25N3OS. The van der Waals surface area contributed by atoms with Crippen molar-refractivity contribution in [2.24, 2.45) is 5.92 Å². The lowest BCUT2D eigenvalue weighted by molar-refractivity contribution is 0.0934. The average molecular weight is 319 g/mol. The monoisotopic (exact) mass is 319 g/mol. The molecule has 0 atom stereocenters. The van der Waals surface area contributed by atoms with E-state index in [0.29, 0.717) is 11.6 Å². The molecule has 0 bridgehead atoms. The molecule has 2 saturated heterocycles. The quantitative estimate of drug-likeness (QED) is 0.930. The number of carbonyl (C=O) groups is 1. The summed E-state index contributed by atoms with van der Waals surface area (Å²) in [4.78, 5) is 19.1. The van der Waals surface area contributed by atoms with Crippen molar-refractivity contribution in [2.75, 3.05) is 29.5 Å². The van der Waals surface area contributed by atoms with Gasteiger partial charge in [-0.1, -0.05) is 6.92 Å². The van der Waals surface area contributed by atoms with E-state index in [1.165, 1.54) is 12.8 Å². The molecule has 120 valence electrons. The topological polar surface area (TPSA) is 45.2 Å². The van der Waals surface area contributed by atoms with Crippen LogP contribution in [0.4, 0.5) is 5.82 Å². The Hall–Kier alpha value is -1.23. The van der Waals surface area contributed by atoms with E-state index < -0.39 is 0 Å². The van der Waals surface area contributed by atoms with Gasteiger partial charge in [-0.3, -0.25) is 4.79 Å². The van der Waals surface area contributed by atoms with Crippen molar-refractivity contribution in [3.05, 3.63) is 23.9 Å².